The van der Waals surface area contributed by atoms with Gasteiger partial charge in [0.05, 0.1) is 6.10 Å². The molecule has 112 valence electrons. The molecule has 0 fully saturated rings. The Morgan fingerprint density at radius 3 is 2.50 bits per heavy atom. The number of rotatable bonds is 6. The molecule has 0 spiro atoms. The lowest BCUT2D eigenvalue weighted by Gasteiger charge is -2.31. The van der Waals surface area contributed by atoms with Crippen molar-refractivity contribution >= 4 is 0 Å². The Hall–Kier alpha value is -0.860. The van der Waals surface area contributed by atoms with Crippen LogP contribution in [0.4, 0.5) is 0 Å². The van der Waals surface area contributed by atoms with E-state index in [0.29, 0.717) is 12.0 Å². The maximum atomic E-state index is 10.8. The zero-order valence-electron chi connectivity index (χ0n) is 13.3. The molecule has 2 N–H and O–H groups in total. The quantitative estimate of drug-likeness (QED) is 0.831. The van der Waals surface area contributed by atoms with E-state index in [-0.39, 0.29) is 6.04 Å². The van der Waals surface area contributed by atoms with E-state index in [4.69, 9.17) is 0 Å². The largest absolute Gasteiger partial charge is 0.387 e. The van der Waals surface area contributed by atoms with Gasteiger partial charge in [0.25, 0.3) is 0 Å². The molecule has 20 heavy (non-hydrogen) atoms. The average molecular weight is 275 g/mol. The first-order valence-corrected chi connectivity index (χ1v) is 8.08. The van der Waals surface area contributed by atoms with E-state index in [1.807, 2.05) is 0 Å². The van der Waals surface area contributed by atoms with E-state index in [1.54, 1.807) is 0 Å². The molecule has 0 amide bonds. The van der Waals surface area contributed by atoms with Crippen molar-refractivity contribution in [2.75, 3.05) is 0 Å². The van der Waals surface area contributed by atoms with E-state index in [0.717, 1.165) is 12.0 Å². The van der Waals surface area contributed by atoms with Crippen molar-refractivity contribution in [2.45, 2.75) is 71.6 Å². The Morgan fingerprint density at radius 1 is 1.15 bits per heavy atom. The van der Waals surface area contributed by atoms with Gasteiger partial charge < -0.3 is 10.4 Å². The molecule has 0 aliphatic heterocycles. The minimum absolute atomic E-state index is 0.115. The van der Waals surface area contributed by atoms with Crippen molar-refractivity contribution in [3.63, 3.8) is 0 Å². The van der Waals surface area contributed by atoms with Gasteiger partial charge in [-0.1, -0.05) is 39.0 Å². The summed E-state index contributed by atoms with van der Waals surface area (Å²) in [6.45, 7) is 8.72. The van der Waals surface area contributed by atoms with Crippen LogP contribution in [-0.2, 0) is 12.8 Å². The zero-order chi connectivity index (χ0) is 14.7. The Morgan fingerprint density at radius 2 is 1.85 bits per heavy atom. The lowest BCUT2D eigenvalue weighted by atomic mass is 9.91. The third-order valence-corrected chi connectivity index (χ3v) is 4.61. The summed E-state index contributed by atoms with van der Waals surface area (Å²) in [6.07, 6.45) is 4.29. The highest BCUT2D eigenvalue weighted by Crippen LogP contribution is 2.28. The number of aliphatic hydroxyl groups excluding tert-OH is 1. The van der Waals surface area contributed by atoms with Crippen LogP contribution in [0.25, 0.3) is 0 Å². The van der Waals surface area contributed by atoms with Crippen molar-refractivity contribution in [2.24, 2.45) is 5.92 Å². The molecular weight excluding hydrogens is 246 g/mol. The zero-order valence-corrected chi connectivity index (χ0v) is 13.3. The van der Waals surface area contributed by atoms with Crippen LogP contribution in [0, 0.1) is 5.92 Å². The Labute approximate surface area is 123 Å². The van der Waals surface area contributed by atoms with Crippen LogP contribution in [0.5, 0.6) is 0 Å². The van der Waals surface area contributed by atoms with Gasteiger partial charge in [-0.05, 0) is 55.2 Å². The van der Waals surface area contributed by atoms with Gasteiger partial charge in [0.2, 0.25) is 0 Å². The summed E-state index contributed by atoms with van der Waals surface area (Å²) in [5.74, 6) is 0.409. The minimum Gasteiger partial charge on any atom is -0.387 e. The fraction of sp³-hybridized carbons (Fsp3) is 0.667. The third kappa shape index (κ3) is 3.42. The van der Waals surface area contributed by atoms with Gasteiger partial charge in [0.15, 0.2) is 0 Å². The summed E-state index contributed by atoms with van der Waals surface area (Å²) in [6, 6.07) is 7.10. The molecule has 0 saturated carbocycles. The van der Waals surface area contributed by atoms with Gasteiger partial charge in [0, 0.05) is 12.1 Å². The molecule has 0 aromatic heterocycles. The number of hydrogen-bond acceptors (Lipinski definition) is 2. The van der Waals surface area contributed by atoms with Gasteiger partial charge in [0.1, 0.15) is 0 Å². The number of nitrogens with one attached hydrogen (secondary N) is 1. The lowest BCUT2D eigenvalue weighted by molar-refractivity contribution is 0.0985. The first kappa shape index (κ1) is 15.5. The van der Waals surface area contributed by atoms with Gasteiger partial charge in [-0.2, -0.15) is 0 Å². The van der Waals surface area contributed by atoms with Crippen molar-refractivity contribution < 1.29 is 5.11 Å². The van der Waals surface area contributed by atoms with Crippen molar-refractivity contribution in [1.29, 1.82) is 0 Å². The fourth-order valence-corrected chi connectivity index (χ4v) is 3.08. The second-order valence-corrected chi connectivity index (χ2v) is 6.57. The second kappa shape index (κ2) is 6.73. The molecule has 3 unspecified atom stereocenters. The molecule has 1 aromatic carbocycles. The number of benzene rings is 1. The Balaban J connectivity index is 2.16. The van der Waals surface area contributed by atoms with Crippen molar-refractivity contribution in [3.8, 4) is 0 Å². The van der Waals surface area contributed by atoms with Crippen LogP contribution in [0.3, 0.4) is 0 Å². The molecule has 2 rings (SSSR count). The molecule has 2 nitrogen and oxygen atoms in total. The summed E-state index contributed by atoms with van der Waals surface area (Å²) < 4.78 is 0. The average Bonchev–Trinajstić information content (AvgIpc) is 2.90. The molecular formula is C18H29NO. The Kier molecular flexibility index (Phi) is 5.22. The molecule has 0 heterocycles. The van der Waals surface area contributed by atoms with Crippen LogP contribution in [0.1, 0.15) is 63.3 Å². The van der Waals surface area contributed by atoms with E-state index in [1.165, 1.54) is 30.4 Å². The first-order valence-electron chi connectivity index (χ1n) is 8.08. The van der Waals surface area contributed by atoms with E-state index in [9.17, 15) is 5.11 Å². The van der Waals surface area contributed by atoms with Crippen LogP contribution in [0.15, 0.2) is 18.2 Å². The SMILES string of the molecule is CCC(C)NC(C(C)C)C(O)c1ccc2c(c1)CCC2. The van der Waals surface area contributed by atoms with Crippen LogP contribution < -0.4 is 5.32 Å². The molecule has 1 aromatic rings. The highest BCUT2D eigenvalue weighted by Gasteiger charge is 2.26. The van der Waals surface area contributed by atoms with Crippen LogP contribution >= 0.6 is 0 Å². The second-order valence-electron chi connectivity index (χ2n) is 6.57. The monoisotopic (exact) mass is 275 g/mol. The van der Waals surface area contributed by atoms with Crippen molar-refractivity contribution in [3.05, 3.63) is 34.9 Å². The third-order valence-electron chi connectivity index (χ3n) is 4.61. The van der Waals surface area contributed by atoms with E-state index >= 15 is 0 Å². The summed E-state index contributed by atoms with van der Waals surface area (Å²) in [4.78, 5) is 0. The molecule has 1 aliphatic rings. The maximum absolute atomic E-state index is 10.8. The predicted molar refractivity (Wildman–Crippen MR) is 84.9 cm³/mol. The highest BCUT2D eigenvalue weighted by molar-refractivity contribution is 5.36. The molecule has 3 atom stereocenters. The first-order chi connectivity index (χ1) is 9.52. The topological polar surface area (TPSA) is 32.3 Å². The number of aryl methyl sites for hydroxylation is 2. The molecule has 0 radical (unpaired) electrons. The minimum atomic E-state index is -0.421. The Bertz CT molecular complexity index is 441. The number of hydrogen-bond donors (Lipinski definition) is 2. The summed E-state index contributed by atoms with van der Waals surface area (Å²) in [5.41, 5.74) is 3.98. The summed E-state index contributed by atoms with van der Waals surface area (Å²) >= 11 is 0. The van der Waals surface area contributed by atoms with Crippen molar-refractivity contribution in [1.82, 2.24) is 5.32 Å². The maximum Gasteiger partial charge on any atom is 0.0945 e. The van der Waals surface area contributed by atoms with Crippen LogP contribution in [0.2, 0.25) is 0 Å². The normalized spacial score (nSPS) is 18.9. The molecule has 0 bridgehead atoms. The highest BCUT2D eigenvalue weighted by atomic mass is 16.3. The summed E-state index contributed by atoms with van der Waals surface area (Å²) in [5, 5.41) is 14.3. The summed E-state index contributed by atoms with van der Waals surface area (Å²) in [7, 11) is 0. The predicted octanol–water partition coefficient (Wildman–Crippen LogP) is 3.62. The van der Waals surface area contributed by atoms with Gasteiger partial charge in [-0.25, -0.2) is 0 Å². The van der Waals surface area contributed by atoms with E-state index < -0.39 is 6.10 Å². The smallest absolute Gasteiger partial charge is 0.0945 e. The fourth-order valence-electron chi connectivity index (χ4n) is 3.08. The molecule has 0 saturated heterocycles. The van der Waals surface area contributed by atoms with Gasteiger partial charge >= 0.3 is 0 Å². The molecule has 2 heteroatoms. The lowest BCUT2D eigenvalue weighted by Crippen LogP contribution is -2.43. The van der Waals surface area contributed by atoms with Gasteiger partial charge in [-0.3, -0.25) is 0 Å². The van der Waals surface area contributed by atoms with Gasteiger partial charge in [-0.15, -0.1) is 0 Å². The van der Waals surface area contributed by atoms with E-state index in [2.05, 4.69) is 51.2 Å². The number of fused-ring (bicyclic) bond motifs is 1. The number of aliphatic hydroxyl groups is 1. The van der Waals surface area contributed by atoms with Crippen LogP contribution in [-0.4, -0.2) is 17.2 Å². The molecule has 1 aliphatic carbocycles. The standard InChI is InChI=1S/C18H29NO/c1-5-13(4)19-17(12(2)3)18(20)16-10-9-14-7-6-8-15(14)11-16/h9-13,17-20H,5-8H2,1-4H3.